The van der Waals surface area contributed by atoms with Crippen molar-refractivity contribution in [1.29, 1.82) is 0 Å². The molecule has 1 aromatic heterocycles. The second-order valence-corrected chi connectivity index (χ2v) is 7.57. The molecule has 0 N–H and O–H groups in total. The van der Waals surface area contributed by atoms with Crippen molar-refractivity contribution in [2.24, 2.45) is 11.8 Å². The Bertz CT molecular complexity index is 633. The molecule has 4 rings (SSSR count). The van der Waals surface area contributed by atoms with Crippen molar-refractivity contribution in [3.05, 3.63) is 29.6 Å². The zero-order chi connectivity index (χ0) is 16.5. The summed E-state index contributed by atoms with van der Waals surface area (Å²) in [5.74, 6) is 1.73. The number of methoxy groups -OCH3 is 1. The maximum Gasteiger partial charge on any atom is 0.223 e. The third kappa shape index (κ3) is 3.27. The van der Waals surface area contributed by atoms with Gasteiger partial charge in [-0.1, -0.05) is 12.2 Å². The lowest BCUT2D eigenvalue weighted by molar-refractivity contribution is -0.133. The molecule has 1 amide bonds. The summed E-state index contributed by atoms with van der Waals surface area (Å²) in [4.78, 5) is 14.8. The van der Waals surface area contributed by atoms with Gasteiger partial charge in [-0.2, -0.15) is 5.10 Å². The van der Waals surface area contributed by atoms with Crippen molar-refractivity contribution < 1.29 is 9.53 Å². The van der Waals surface area contributed by atoms with Gasteiger partial charge in [-0.15, -0.1) is 0 Å². The first kappa shape index (κ1) is 15.9. The third-order valence-corrected chi connectivity index (χ3v) is 5.60. The van der Waals surface area contributed by atoms with Crippen LogP contribution in [0.5, 0.6) is 0 Å². The van der Waals surface area contributed by atoms with Gasteiger partial charge >= 0.3 is 0 Å². The molecule has 2 aliphatic carbocycles. The maximum absolute atomic E-state index is 12.8. The summed E-state index contributed by atoms with van der Waals surface area (Å²) in [6.07, 6.45) is 11.9. The summed E-state index contributed by atoms with van der Waals surface area (Å²) >= 11 is 0. The number of hydrogen-bond acceptors (Lipinski definition) is 3. The van der Waals surface area contributed by atoms with Crippen LogP contribution in [0.3, 0.4) is 0 Å². The van der Waals surface area contributed by atoms with Crippen molar-refractivity contribution in [3.8, 4) is 0 Å². The largest absolute Gasteiger partial charge is 0.384 e. The lowest BCUT2D eigenvalue weighted by Gasteiger charge is -2.33. The first-order chi connectivity index (χ1) is 11.7. The SMILES string of the molecule is COCC1CN(C(=O)CC2C=CCC2)Cc2c1cnn2CC1CC1. The first-order valence-electron chi connectivity index (χ1n) is 9.22. The van der Waals surface area contributed by atoms with E-state index in [0.29, 0.717) is 25.5 Å². The fraction of sp³-hybridized carbons (Fsp3) is 0.684. The summed E-state index contributed by atoms with van der Waals surface area (Å²) in [6, 6.07) is 0. The molecule has 2 atom stereocenters. The Balaban J connectivity index is 1.51. The standard InChI is InChI=1S/C19H27N3O2/c1-24-13-16-11-21(19(23)8-14-4-2-3-5-14)12-18-17(16)9-20-22(18)10-15-6-7-15/h2,4,9,14-16H,3,5-8,10-13H2,1H3. The Kier molecular flexibility index (Phi) is 4.44. The molecule has 0 bridgehead atoms. The average Bonchev–Trinajstić information content (AvgIpc) is 3.07. The minimum absolute atomic E-state index is 0.245. The number of amides is 1. The van der Waals surface area contributed by atoms with E-state index >= 15 is 0 Å². The average molecular weight is 329 g/mol. The zero-order valence-corrected chi connectivity index (χ0v) is 14.5. The molecule has 2 heterocycles. The van der Waals surface area contributed by atoms with E-state index in [4.69, 9.17) is 4.74 Å². The van der Waals surface area contributed by atoms with Gasteiger partial charge in [0.2, 0.25) is 5.91 Å². The van der Waals surface area contributed by atoms with Gasteiger partial charge in [0.1, 0.15) is 0 Å². The van der Waals surface area contributed by atoms with Crippen LogP contribution in [0.25, 0.3) is 0 Å². The molecule has 130 valence electrons. The normalized spacial score (nSPS) is 26.0. The fourth-order valence-electron chi connectivity index (χ4n) is 4.00. The Hall–Kier alpha value is -1.62. The molecule has 0 saturated heterocycles. The first-order valence-corrected chi connectivity index (χ1v) is 9.22. The monoisotopic (exact) mass is 329 g/mol. The maximum atomic E-state index is 12.8. The quantitative estimate of drug-likeness (QED) is 0.754. The molecule has 1 aromatic rings. The van der Waals surface area contributed by atoms with Gasteiger partial charge in [0.15, 0.2) is 0 Å². The molecule has 1 saturated carbocycles. The minimum Gasteiger partial charge on any atom is -0.384 e. The van der Waals surface area contributed by atoms with Gasteiger partial charge in [-0.3, -0.25) is 9.48 Å². The van der Waals surface area contributed by atoms with Crippen molar-refractivity contribution in [2.45, 2.75) is 51.1 Å². The number of allylic oxidation sites excluding steroid dienone is 2. The van der Waals surface area contributed by atoms with E-state index in [2.05, 4.69) is 21.9 Å². The molecule has 1 fully saturated rings. The number of ether oxygens (including phenoxy) is 1. The van der Waals surface area contributed by atoms with Gasteiger partial charge in [0.05, 0.1) is 25.0 Å². The van der Waals surface area contributed by atoms with Crippen LogP contribution >= 0.6 is 0 Å². The van der Waals surface area contributed by atoms with Crippen LogP contribution in [0, 0.1) is 11.8 Å². The predicted octanol–water partition coefficient (Wildman–Crippen LogP) is 2.72. The Morgan fingerprint density at radius 3 is 2.96 bits per heavy atom. The van der Waals surface area contributed by atoms with Crippen LogP contribution in [0.15, 0.2) is 18.3 Å². The number of carbonyl (C=O) groups excluding carboxylic acids is 1. The van der Waals surface area contributed by atoms with Crippen molar-refractivity contribution in [3.63, 3.8) is 0 Å². The van der Waals surface area contributed by atoms with Crippen LogP contribution in [0.2, 0.25) is 0 Å². The molecular formula is C19H27N3O2. The van der Waals surface area contributed by atoms with Gasteiger partial charge in [-0.25, -0.2) is 0 Å². The third-order valence-electron chi connectivity index (χ3n) is 5.60. The lowest BCUT2D eigenvalue weighted by Crippen LogP contribution is -2.40. The van der Waals surface area contributed by atoms with Crippen molar-refractivity contribution in [2.75, 3.05) is 20.3 Å². The summed E-state index contributed by atoms with van der Waals surface area (Å²) in [5, 5.41) is 4.62. The summed E-state index contributed by atoms with van der Waals surface area (Å²) in [5.41, 5.74) is 2.51. The molecule has 0 spiro atoms. The Morgan fingerprint density at radius 2 is 2.25 bits per heavy atom. The van der Waals surface area contributed by atoms with Crippen LogP contribution in [-0.4, -0.2) is 40.8 Å². The van der Waals surface area contributed by atoms with Crippen molar-refractivity contribution >= 4 is 5.91 Å². The van der Waals surface area contributed by atoms with E-state index in [-0.39, 0.29) is 11.8 Å². The van der Waals surface area contributed by atoms with E-state index in [1.807, 2.05) is 11.1 Å². The van der Waals surface area contributed by atoms with Crippen LogP contribution in [0.4, 0.5) is 0 Å². The second kappa shape index (κ2) is 6.71. The Labute approximate surface area is 143 Å². The number of hydrogen-bond donors (Lipinski definition) is 0. The van der Waals surface area contributed by atoms with E-state index in [0.717, 1.165) is 31.8 Å². The van der Waals surface area contributed by atoms with Gasteiger partial charge in [0.25, 0.3) is 0 Å². The number of nitrogens with zero attached hydrogens (tertiary/aromatic N) is 3. The van der Waals surface area contributed by atoms with E-state index < -0.39 is 0 Å². The van der Waals surface area contributed by atoms with Gasteiger partial charge in [-0.05, 0) is 37.5 Å². The summed E-state index contributed by atoms with van der Waals surface area (Å²) < 4.78 is 7.56. The van der Waals surface area contributed by atoms with Crippen LogP contribution < -0.4 is 0 Å². The number of fused-ring (bicyclic) bond motifs is 1. The number of aromatic nitrogens is 2. The predicted molar refractivity (Wildman–Crippen MR) is 91.5 cm³/mol. The highest BCUT2D eigenvalue weighted by Gasteiger charge is 2.33. The van der Waals surface area contributed by atoms with Crippen LogP contribution in [0.1, 0.15) is 49.3 Å². The van der Waals surface area contributed by atoms with E-state index in [9.17, 15) is 4.79 Å². The Morgan fingerprint density at radius 1 is 1.38 bits per heavy atom. The molecule has 24 heavy (non-hydrogen) atoms. The molecule has 3 aliphatic rings. The van der Waals surface area contributed by atoms with Crippen molar-refractivity contribution in [1.82, 2.24) is 14.7 Å². The van der Waals surface area contributed by atoms with Gasteiger partial charge in [0, 0.05) is 38.1 Å². The fourth-order valence-corrected chi connectivity index (χ4v) is 4.00. The summed E-state index contributed by atoms with van der Waals surface area (Å²) in [7, 11) is 1.73. The molecule has 0 aromatic carbocycles. The number of rotatable bonds is 6. The highest BCUT2D eigenvalue weighted by Crippen LogP contribution is 2.34. The highest BCUT2D eigenvalue weighted by molar-refractivity contribution is 5.77. The topological polar surface area (TPSA) is 47.4 Å². The molecule has 2 unspecified atom stereocenters. The smallest absolute Gasteiger partial charge is 0.223 e. The highest BCUT2D eigenvalue weighted by atomic mass is 16.5. The molecule has 1 aliphatic heterocycles. The lowest BCUT2D eigenvalue weighted by atomic mass is 9.94. The summed E-state index contributed by atoms with van der Waals surface area (Å²) in [6.45, 7) is 3.11. The second-order valence-electron chi connectivity index (χ2n) is 7.57. The molecule has 5 heteroatoms. The van der Waals surface area contributed by atoms with E-state index in [1.54, 1.807) is 7.11 Å². The molecule has 5 nitrogen and oxygen atoms in total. The van der Waals surface area contributed by atoms with Gasteiger partial charge < -0.3 is 9.64 Å². The molecular weight excluding hydrogens is 302 g/mol. The van der Waals surface area contributed by atoms with E-state index in [1.165, 1.54) is 24.1 Å². The molecule has 0 radical (unpaired) electrons. The zero-order valence-electron chi connectivity index (χ0n) is 14.5. The number of carbonyl (C=O) groups is 1. The minimum atomic E-state index is 0.245. The van der Waals surface area contributed by atoms with Crippen LogP contribution in [-0.2, 0) is 22.6 Å².